The molecule has 0 amide bonds. The summed E-state index contributed by atoms with van der Waals surface area (Å²) in [6.07, 6.45) is 1.74. The van der Waals surface area contributed by atoms with Crippen LogP contribution in [-0.2, 0) is 4.74 Å². The van der Waals surface area contributed by atoms with Gasteiger partial charge in [0.1, 0.15) is 5.82 Å². The minimum Gasteiger partial charge on any atom is -0.395 e. The fourth-order valence-corrected chi connectivity index (χ4v) is 1.55. The molecule has 0 aliphatic carbocycles. The number of rotatable bonds is 7. The first-order valence-corrected chi connectivity index (χ1v) is 5.75. The lowest BCUT2D eigenvalue weighted by Gasteiger charge is -2.23. The van der Waals surface area contributed by atoms with Gasteiger partial charge in [0.05, 0.1) is 13.2 Å². The normalized spacial score (nSPS) is 12.5. The fourth-order valence-electron chi connectivity index (χ4n) is 1.55. The molecular formula is C12H21N3O2. The van der Waals surface area contributed by atoms with E-state index in [2.05, 4.69) is 4.98 Å². The SMILES string of the molecule is COCCN(CCO)c1cc([C@H](C)N)ccn1. The standard InChI is InChI=1S/C12H21N3O2/c1-10(13)11-3-4-14-12(9-11)15(5-7-16)6-8-17-2/h3-4,9-10,16H,5-8,13H2,1-2H3/t10-/m0/s1. The number of anilines is 1. The molecule has 1 atom stereocenters. The molecule has 1 heterocycles. The van der Waals surface area contributed by atoms with Crippen LogP contribution < -0.4 is 10.6 Å². The van der Waals surface area contributed by atoms with E-state index < -0.39 is 0 Å². The number of aliphatic hydroxyl groups excluding tert-OH is 1. The molecule has 0 unspecified atom stereocenters. The van der Waals surface area contributed by atoms with Crippen molar-refractivity contribution in [3.8, 4) is 0 Å². The minimum absolute atomic E-state index is 0.0184. The predicted molar refractivity (Wildman–Crippen MR) is 68.0 cm³/mol. The Morgan fingerprint density at radius 1 is 1.53 bits per heavy atom. The minimum atomic E-state index is -0.0184. The quantitative estimate of drug-likeness (QED) is 0.727. The average molecular weight is 239 g/mol. The van der Waals surface area contributed by atoms with Gasteiger partial charge in [-0.05, 0) is 24.6 Å². The third-order valence-corrected chi connectivity index (χ3v) is 2.55. The van der Waals surface area contributed by atoms with Gasteiger partial charge < -0.3 is 20.5 Å². The topological polar surface area (TPSA) is 71.6 Å². The van der Waals surface area contributed by atoms with E-state index in [-0.39, 0.29) is 12.6 Å². The number of pyridine rings is 1. The first-order chi connectivity index (χ1) is 8.19. The summed E-state index contributed by atoms with van der Waals surface area (Å²) in [7, 11) is 1.66. The maximum Gasteiger partial charge on any atom is 0.128 e. The smallest absolute Gasteiger partial charge is 0.128 e. The highest BCUT2D eigenvalue weighted by Crippen LogP contribution is 2.16. The van der Waals surface area contributed by atoms with Crippen molar-refractivity contribution in [1.82, 2.24) is 4.98 Å². The average Bonchev–Trinajstić information content (AvgIpc) is 2.34. The molecule has 0 fully saturated rings. The summed E-state index contributed by atoms with van der Waals surface area (Å²) < 4.78 is 5.04. The summed E-state index contributed by atoms with van der Waals surface area (Å²) in [6, 6.07) is 3.84. The molecule has 1 aromatic heterocycles. The number of hydrogen-bond acceptors (Lipinski definition) is 5. The Hall–Kier alpha value is -1.17. The second-order valence-electron chi connectivity index (χ2n) is 3.94. The van der Waals surface area contributed by atoms with Crippen molar-refractivity contribution in [2.45, 2.75) is 13.0 Å². The Morgan fingerprint density at radius 2 is 2.29 bits per heavy atom. The number of ether oxygens (including phenoxy) is 1. The second kappa shape index (κ2) is 7.21. The number of nitrogens with two attached hydrogens (primary N) is 1. The molecule has 5 heteroatoms. The van der Waals surface area contributed by atoms with Gasteiger partial charge in [0, 0.05) is 32.4 Å². The third-order valence-electron chi connectivity index (χ3n) is 2.55. The van der Waals surface area contributed by atoms with Crippen molar-refractivity contribution in [3.63, 3.8) is 0 Å². The van der Waals surface area contributed by atoms with E-state index in [1.807, 2.05) is 24.0 Å². The third kappa shape index (κ3) is 4.30. The molecule has 0 radical (unpaired) electrons. The van der Waals surface area contributed by atoms with Crippen LogP contribution in [0.2, 0.25) is 0 Å². The number of nitrogens with zero attached hydrogens (tertiary/aromatic N) is 2. The van der Waals surface area contributed by atoms with Crippen LogP contribution in [-0.4, -0.2) is 43.5 Å². The number of aliphatic hydroxyl groups is 1. The Bertz CT molecular complexity index is 331. The monoisotopic (exact) mass is 239 g/mol. The summed E-state index contributed by atoms with van der Waals surface area (Å²) >= 11 is 0. The predicted octanol–water partition coefficient (Wildman–Crippen LogP) is 0.546. The highest BCUT2D eigenvalue weighted by Gasteiger charge is 2.09. The van der Waals surface area contributed by atoms with E-state index >= 15 is 0 Å². The van der Waals surface area contributed by atoms with E-state index in [0.29, 0.717) is 19.7 Å². The van der Waals surface area contributed by atoms with E-state index in [0.717, 1.165) is 11.4 Å². The zero-order valence-electron chi connectivity index (χ0n) is 10.5. The molecule has 1 aromatic rings. The van der Waals surface area contributed by atoms with Crippen LogP contribution in [0.15, 0.2) is 18.3 Å². The van der Waals surface area contributed by atoms with E-state index in [1.54, 1.807) is 13.3 Å². The van der Waals surface area contributed by atoms with E-state index in [1.165, 1.54) is 0 Å². The zero-order chi connectivity index (χ0) is 12.7. The Labute approximate surface area is 102 Å². The van der Waals surface area contributed by atoms with Gasteiger partial charge in [-0.1, -0.05) is 0 Å². The number of hydrogen-bond donors (Lipinski definition) is 2. The molecule has 0 aromatic carbocycles. The van der Waals surface area contributed by atoms with Gasteiger partial charge in [-0.25, -0.2) is 4.98 Å². The van der Waals surface area contributed by atoms with Crippen molar-refractivity contribution >= 4 is 5.82 Å². The van der Waals surface area contributed by atoms with Crippen molar-refractivity contribution in [3.05, 3.63) is 23.9 Å². The maximum atomic E-state index is 9.04. The number of methoxy groups -OCH3 is 1. The molecule has 0 bridgehead atoms. The van der Waals surface area contributed by atoms with Crippen LogP contribution in [0, 0.1) is 0 Å². The molecule has 0 saturated heterocycles. The summed E-state index contributed by atoms with van der Waals surface area (Å²) in [6.45, 7) is 3.87. The van der Waals surface area contributed by atoms with E-state index in [4.69, 9.17) is 15.6 Å². The van der Waals surface area contributed by atoms with Gasteiger partial charge in [-0.2, -0.15) is 0 Å². The first-order valence-electron chi connectivity index (χ1n) is 5.75. The molecule has 0 aliphatic heterocycles. The largest absolute Gasteiger partial charge is 0.395 e. The molecule has 0 aliphatic rings. The molecular weight excluding hydrogens is 218 g/mol. The molecule has 96 valence electrons. The fraction of sp³-hybridized carbons (Fsp3) is 0.583. The van der Waals surface area contributed by atoms with Crippen molar-refractivity contribution in [2.24, 2.45) is 5.73 Å². The van der Waals surface area contributed by atoms with Gasteiger partial charge in [0.15, 0.2) is 0 Å². The molecule has 1 rings (SSSR count). The lowest BCUT2D eigenvalue weighted by atomic mass is 10.1. The van der Waals surface area contributed by atoms with Crippen LogP contribution in [0.1, 0.15) is 18.5 Å². The van der Waals surface area contributed by atoms with Crippen molar-refractivity contribution in [1.29, 1.82) is 0 Å². The first kappa shape index (κ1) is 13.9. The zero-order valence-corrected chi connectivity index (χ0v) is 10.5. The Balaban J connectivity index is 2.81. The van der Waals surface area contributed by atoms with Gasteiger partial charge in [0.25, 0.3) is 0 Å². The summed E-state index contributed by atoms with van der Waals surface area (Å²) in [5, 5.41) is 9.04. The highest BCUT2D eigenvalue weighted by molar-refractivity contribution is 5.41. The number of aromatic nitrogens is 1. The molecule has 3 N–H and O–H groups in total. The van der Waals surface area contributed by atoms with Gasteiger partial charge in [-0.15, -0.1) is 0 Å². The van der Waals surface area contributed by atoms with Crippen molar-refractivity contribution in [2.75, 3.05) is 38.3 Å². The lowest BCUT2D eigenvalue weighted by Crippen LogP contribution is -2.31. The van der Waals surface area contributed by atoms with Gasteiger partial charge >= 0.3 is 0 Å². The van der Waals surface area contributed by atoms with Crippen LogP contribution >= 0.6 is 0 Å². The van der Waals surface area contributed by atoms with E-state index in [9.17, 15) is 0 Å². The van der Waals surface area contributed by atoms with Crippen LogP contribution in [0.25, 0.3) is 0 Å². The summed E-state index contributed by atoms with van der Waals surface area (Å²) in [5.41, 5.74) is 6.87. The summed E-state index contributed by atoms with van der Waals surface area (Å²) in [4.78, 5) is 6.28. The van der Waals surface area contributed by atoms with Crippen LogP contribution in [0.3, 0.4) is 0 Å². The molecule has 5 nitrogen and oxygen atoms in total. The molecule has 0 spiro atoms. The molecule has 0 saturated carbocycles. The summed E-state index contributed by atoms with van der Waals surface area (Å²) in [5.74, 6) is 0.825. The van der Waals surface area contributed by atoms with Gasteiger partial charge in [0.2, 0.25) is 0 Å². The maximum absolute atomic E-state index is 9.04. The Morgan fingerprint density at radius 3 is 2.88 bits per heavy atom. The second-order valence-corrected chi connectivity index (χ2v) is 3.94. The van der Waals surface area contributed by atoms with Crippen LogP contribution in [0.4, 0.5) is 5.82 Å². The molecule has 17 heavy (non-hydrogen) atoms. The lowest BCUT2D eigenvalue weighted by molar-refractivity contribution is 0.202. The van der Waals surface area contributed by atoms with Crippen molar-refractivity contribution < 1.29 is 9.84 Å². The Kier molecular flexibility index (Phi) is 5.90. The van der Waals surface area contributed by atoms with Gasteiger partial charge in [-0.3, -0.25) is 0 Å². The van der Waals surface area contributed by atoms with Crippen LogP contribution in [0.5, 0.6) is 0 Å². The highest BCUT2D eigenvalue weighted by atomic mass is 16.5.